The van der Waals surface area contributed by atoms with Crippen molar-refractivity contribution in [1.29, 1.82) is 0 Å². The highest BCUT2D eigenvalue weighted by Gasteiger charge is 2.20. The Balaban J connectivity index is 2.05. The molecular weight excluding hydrogens is 372 g/mol. The zero-order valence-corrected chi connectivity index (χ0v) is 16.8. The van der Waals surface area contributed by atoms with Crippen LogP contribution >= 0.6 is 23.4 Å². The fourth-order valence-electron chi connectivity index (χ4n) is 2.57. The summed E-state index contributed by atoms with van der Waals surface area (Å²) in [6, 6.07) is 5.19. The monoisotopic (exact) mass is 392 g/mol. The fraction of sp³-hybridized carbons (Fsp3) is 0.444. The molecule has 0 aliphatic carbocycles. The van der Waals surface area contributed by atoms with Gasteiger partial charge in [0.1, 0.15) is 0 Å². The maximum atomic E-state index is 13.0. The van der Waals surface area contributed by atoms with Crippen LogP contribution in [0.5, 0.6) is 0 Å². The van der Waals surface area contributed by atoms with E-state index in [1.165, 1.54) is 11.8 Å². The number of hydrogen-bond acceptors (Lipinski definition) is 6. The summed E-state index contributed by atoms with van der Waals surface area (Å²) >= 11 is 7.51. The third-order valence-electron chi connectivity index (χ3n) is 3.86. The molecule has 3 aromatic rings. The lowest BCUT2D eigenvalue weighted by molar-refractivity contribution is 0.375. The highest BCUT2D eigenvalue weighted by molar-refractivity contribution is 7.99. The standard InChI is InChI=1S/C18H21ClN4O2S/c1-5-15-21-16(25-22-15)11(4)26-18-20-14-7-6-12(19)8-13(14)17(24)23(18)9-10(2)3/h6-8,10-11H,5,9H2,1-4H3. The average molecular weight is 393 g/mol. The number of hydrogen-bond donors (Lipinski definition) is 0. The smallest absolute Gasteiger partial charge is 0.262 e. The van der Waals surface area contributed by atoms with Crippen LogP contribution in [0.4, 0.5) is 0 Å². The van der Waals surface area contributed by atoms with Crippen molar-refractivity contribution in [3.05, 3.63) is 45.3 Å². The Morgan fingerprint density at radius 3 is 2.69 bits per heavy atom. The summed E-state index contributed by atoms with van der Waals surface area (Å²) < 4.78 is 7.04. The summed E-state index contributed by atoms with van der Waals surface area (Å²) in [6.45, 7) is 8.65. The average Bonchev–Trinajstić information content (AvgIpc) is 3.08. The SMILES string of the molecule is CCc1noc(C(C)Sc2nc3ccc(Cl)cc3c(=O)n2CC(C)C)n1. The van der Waals surface area contributed by atoms with Crippen molar-refractivity contribution in [3.8, 4) is 0 Å². The molecule has 138 valence electrons. The number of thioether (sulfide) groups is 1. The maximum Gasteiger partial charge on any atom is 0.262 e. The minimum Gasteiger partial charge on any atom is -0.338 e. The van der Waals surface area contributed by atoms with Gasteiger partial charge < -0.3 is 4.52 Å². The Hall–Kier alpha value is -1.86. The molecular formula is C18H21ClN4O2S. The molecule has 1 atom stereocenters. The van der Waals surface area contributed by atoms with E-state index in [0.29, 0.717) is 51.7 Å². The molecule has 0 bridgehead atoms. The molecule has 0 amide bonds. The second kappa shape index (κ2) is 7.80. The highest BCUT2D eigenvalue weighted by Crippen LogP contribution is 2.33. The van der Waals surface area contributed by atoms with Crippen molar-refractivity contribution in [3.63, 3.8) is 0 Å². The van der Waals surface area contributed by atoms with Gasteiger partial charge in [-0.2, -0.15) is 4.98 Å². The first-order valence-electron chi connectivity index (χ1n) is 8.58. The van der Waals surface area contributed by atoms with E-state index >= 15 is 0 Å². The fourth-order valence-corrected chi connectivity index (χ4v) is 3.69. The van der Waals surface area contributed by atoms with E-state index < -0.39 is 0 Å². The molecule has 0 fully saturated rings. The molecule has 0 saturated heterocycles. The van der Waals surface area contributed by atoms with E-state index in [4.69, 9.17) is 21.1 Å². The zero-order valence-electron chi connectivity index (χ0n) is 15.2. The van der Waals surface area contributed by atoms with Gasteiger partial charge in [0, 0.05) is 18.0 Å². The molecule has 0 aliphatic rings. The first-order valence-corrected chi connectivity index (χ1v) is 9.84. The van der Waals surface area contributed by atoms with Gasteiger partial charge in [-0.25, -0.2) is 4.98 Å². The van der Waals surface area contributed by atoms with Crippen molar-refractivity contribution < 1.29 is 4.52 Å². The van der Waals surface area contributed by atoms with Gasteiger partial charge in [0.2, 0.25) is 5.89 Å². The largest absolute Gasteiger partial charge is 0.338 e. The zero-order chi connectivity index (χ0) is 18.8. The predicted molar refractivity (Wildman–Crippen MR) is 104 cm³/mol. The van der Waals surface area contributed by atoms with Gasteiger partial charge >= 0.3 is 0 Å². The lowest BCUT2D eigenvalue weighted by Crippen LogP contribution is -2.25. The van der Waals surface area contributed by atoms with Gasteiger partial charge in [-0.15, -0.1) is 0 Å². The van der Waals surface area contributed by atoms with Crippen LogP contribution in [-0.4, -0.2) is 19.7 Å². The summed E-state index contributed by atoms with van der Waals surface area (Å²) in [5, 5.41) is 5.53. The van der Waals surface area contributed by atoms with E-state index in [1.54, 1.807) is 22.8 Å². The number of aromatic nitrogens is 4. The second-order valence-electron chi connectivity index (χ2n) is 6.53. The first kappa shape index (κ1) is 18.9. The van der Waals surface area contributed by atoms with Crippen LogP contribution in [0.1, 0.15) is 44.7 Å². The third-order valence-corrected chi connectivity index (χ3v) is 5.17. The van der Waals surface area contributed by atoms with Gasteiger partial charge in [0.25, 0.3) is 5.56 Å². The van der Waals surface area contributed by atoms with Crippen molar-refractivity contribution in [2.24, 2.45) is 5.92 Å². The molecule has 1 unspecified atom stereocenters. The van der Waals surface area contributed by atoms with Crippen LogP contribution in [0.15, 0.2) is 32.7 Å². The molecule has 1 aromatic carbocycles. The molecule has 0 N–H and O–H groups in total. The molecule has 0 aliphatic heterocycles. The van der Waals surface area contributed by atoms with Crippen LogP contribution in [0.25, 0.3) is 10.9 Å². The van der Waals surface area contributed by atoms with Crippen LogP contribution in [-0.2, 0) is 13.0 Å². The number of nitrogens with zero attached hydrogens (tertiary/aromatic N) is 4. The molecule has 0 radical (unpaired) electrons. The molecule has 0 spiro atoms. The van der Waals surface area contributed by atoms with Gasteiger partial charge in [-0.05, 0) is 31.0 Å². The highest BCUT2D eigenvalue weighted by atomic mass is 35.5. The summed E-state index contributed by atoms with van der Waals surface area (Å²) in [5.74, 6) is 1.51. The predicted octanol–water partition coefficient (Wildman–Crippen LogP) is 4.50. The van der Waals surface area contributed by atoms with Crippen molar-refractivity contribution in [2.75, 3.05) is 0 Å². The second-order valence-corrected chi connectivity index (χ2v) is 8.27. The van der Waals surface area contributed by atoms with Gasteiger partial charge in [0.05, 0.1) is 16.2 Å². The van der Waals surface area contributed by atoms with E-state index in [1.807, 2.05) is 13.8 Å². The topological polar surface area (TPSA) is 73.8 Å². The molecule has 26 heavy (non-hydrogen) atoms. The van der Waals surface area contributed by atoms with Gasteiger partial charge in [-0.1, -0.05) is 49.3 Å². The van der Waals surface area contributed by atoms with Crippen LogP contribution < -0.4 is 5.56 Å². The summed E-state index contributed by atoms with van der Waals surface area (Å²) in [5.41, 5.74) is 0.551. The number of benzene rings is 1. The van der Waals surface area contributed by atoms with Crippen molar-refractivity contribution in [1.82, 2.24) is 19.7 Å². The normalized spacial score (nSPS) is 12.8. The molecule has 0 saturated carbocycles. The molecule has 6 nitrogen and oxygen atoms in total. The first-order chi connectivity index (χ1) is 12.4. The number of halogens is 1. The van der Waals surface area contributed by atoms with Crippen molar-refractivity contribution in [2.45, 2.75) is 51.1 Å². The summed E-state index contributed by atoms with van der Waals surface area (Å²) in [6.07, 6.45) is 0.716. The van der Waals surface area contributed by atoms with Crippen molar-refractivity contribution >= 4 is 34.3 Å². The number of aryl methyl sites for hydroxylation is 1. The molecule has 3 rings (SSSR count). The van der Waals surface area contributed by atoms with Crippen LogP contribution in [0.2, 0.25) is 5.02 Å². The quantitative estimate of drug-likeness (QED) is 0.454. The minimum absolute atomic E-state index is 0.0827. The Labute approximate surface area is 161 Å². The Morgan fingerprint density at radius 1 is 1.27 bits per heavy atom. The maximum absolute atomic E-state index is 13.0. The Kier molecular flexibility index (Phi) is 5.67. The van der Waals surface area contributed by atoms with Gasteiger partial charge in [0.15, 0.2) is 11.0 Å². The van der Waals surface area contributed by atoms with E-state index in [2.05, 4.69) is 24.0 Å². The Bertz CT molecular complexity index is 983. The number of rotatable bonds is 6. The molecule has 2 heterocycles. The minimum atomic E-state index is -0.113. The Morgan fingerprint density at radius 2 is 2.04 bits per heavy atom. The lowest BCUT2D eigenvalue weighted by Gasteiger charge is -2.16. The number of fused-ring (bicyclic) bond motifs is 1. The van der Waals surface area contributed by atoms with Crippen LogP contribution in [0.3, 0.4) is 0 Å². The summed E-state index contributed by atoms with van der Waals surface area (Å²) in [4.78, 5) is 22.1. The summed E-state index contributed by atoms with van der Waals surface area (Å²) in [7, 11) is 0. The van der Waals surface area contributed by atoms with Gasteiger partial charge in [-0.3, -0.25) is 9.36 Å². The third kappa shape index (κ3) is 3.94. The lowest BCUT2D eigenvalue weighted by atomic mass is 10.2. The molecule has 2 aromatic heterocycles. The van der Waals surface area contributed by atoms with E-state index in [-0.39, 0.29) is 10.8 Å². The van der Waals surface area contributed by atoms with E-state index in [0.717, 1.165) is 0 Å². The van der Waals surface area contributed by atoms with E-state index in [9.17, 15) is 4.79 Å². The molecule has 8 heteroatoms. The van der Waals surface area contributed by atoms with Crippen LogP contribution in [0, 0.1) is 5.92 Å².